The number of aliphatic hydroxyl groups is 1. The van der Waals surface area contributed by atoms with Gasteiger partial charge >= 0.3 is 12.2 Å². The van der Waals surface area contributed by atoms with Crippen LogP contribution in [0.1, 0.15) is 37.9 Å². The van der Waals surface area contributed by atoms with Crippen LogP contribution in [0.5, 0.6) is 5.75 Å². The number of fused-ring (bicyclic) bond motifs is 1. The molecule has 4 rings (SSSR count). The first kappa shape index (κ1) is 23.4. The number of nitrogens with zero attached hydrogens (tertiary/aromatic N) is 1. The van der Waals surface area contributed by atoms with Crippen LogP contribution < -0.4 is 15.7 Å². The number of alkyl halides is 2. The highest BCUT2D eigenvalue weighted by molar-refractivity contribution is 5.93. The summed E-state index contributed by atoms with van der Waals surface area (Å²) in [5, 5.41) is 14.5. The van der Waals surface area contributed by atoms with Crippen LogP contribution in [0.2, 0.25) is 0 Å². The molecule has 2 aromatic heterocycles. The summed E-state index contributed by atoms with van der Waals surface area (Å²) in [5.41, 5.74) is 1.46. The van der Waals surface area contributed by atoms with Gasteiger partial charge in [0.15, 0.2) is 0 Å². The van der Waals surface area contributed by atoms with Crippen LogP contribution in [0.4, 0.5) is 14.7 Å². The van der Waals surface area contributed by atoms with Crippen LogP contribution in [0.25, 0.3) is 22.1 Å². The third-order valence-electron chi connectivity index (χ3n) is 5.89. The normalized spacial score (nSPS) is 11.8. The zero-order valence-electron chi connectivity index (χ0n) is 18.8. The summed E-state index contributed by atoms with van der Waals surface area (Å²) in [5.74, 6) is 0.520. The SMILES string of the molecule is CCC(O)(CC)c1cnc(NCc2ccc3c(-c4cccc(OC(F)F)c4)cc(=O)oc3c2)[nH]1. The van der Waals surface area contributed by atoms with Gasteiger partial charge in [-0.3, -0.25) is 0 Å². The van der Waals surface area contributed by atoms with Crippen molar-refractivity contribution >= 4 is 16.9 Å². The number of aromatic amines is 1. The Morgan fingerprint density at radius 2 is 1.97 bits per heavy atom. The fraction of sp³-hybridized carbons (Fsp3) is 0.280. The van der Waals surface area contributed by atoms with E-state index in [-0.39, 0.29) is 5.75 Å². The zero-order chi connectivity index (χ0) is 24.3. The van der Waals surface area contributed by atoms with E-state index < -0.39 is 17.8 Å². The molecule has 0 bridgehead atoms. The third kappa shape index (κ3) is 4.94. The second-order valence-corrected chi connectivity index (χ2v) is 7.95. The first-order valence-electron chi connectivity index (χ1n) is 10.9. The standard InChI is InChI=1S/C25H25F2N3O4/c1-3-25(32,4-2)21-14-29-24(30-21)28-13-15-8-9-18-19(12-22(31)34-20(18)10-15)16-6-5-7-17(11-16)33-23(26)27/h5-12,14,23,32H,3-4,13H2,1-2H3,(H2,28,29,30). The number of H-pyrrole nitrogens is 1. The Morgan fingerprint density at radius 3 is 2.71 bits per heavy atom. The van der Waals surface area contributed by atoms with E-state index in [2.05, 4.69) is 20.0 Å². The average Bonchev–Trinajstić information content (AvgIpc) is 3.31. The van der Waals surface area contributed by atoms with Crippen LogP contribution in [-0.4, -0.2) is 21.7 Å². The van der Waals surface area contributed by atoms with Crippen molar-refractivity contribution < 1.29 is 23.0 Å². The van der Waals surface area contributed by atoms with Gasteiger partial charge in [-0.05, 0) is 47.7 Å². The maximum atomic E-state index is 12.6. The monoisotopic (exact) mass is 469 g/mol. The molecule has 0 radical (unpaired) electrons. The van der Waals surface area contributed by atoms with Crippen molar-refractivity contribution in [3.8, 4) is 16.9 Å². The lowest BCUT2D eigenvalue weighted by molar-refractivity contribution is -0.0498. The van der Waals surface area contributed by atoms with Crippen molar-refractivity contribution in [2.45, 2.75) is 45.4 Å². The molecule has 0 spiro atoms. The minimum absolute atomic E-state index is 0.00516. The van der Waals surface area contributed by atoms with Crippen molar-refractivity contribution in [3.63, 3.8) is 0 Å². The van der Waals surface area contributed by atoms with Gasteiger partial charge in [0.25, 0.3) is 0 Å². The highest BCUT2D eigenvalue weighted by Gasteiger charge is 2.27. The lowest BCUT2D eigenvalue weighted by Crippen LogP contribution is -2.23. The number of anilines is 1. The molecule has 0 atom stereocenters. The van der Waals surface area contributed by atoms with Gasteiger partial charge in [0, 0.05) is 18.0 Å². The molecule has 0 unspecified atom stereocenters. The van der Waals surface area contributed by atoms with E-state index in [1.807, 2.05) is 26.0 Å². The third-order valence-corrected chi connectivity index (χ3v) is 5.89. The summed E-state index contributed by atoms with van der Waals surface area (Å²) in [6.45, 7) is 1.28. The van der Waals surface area contributed by atoms with Gasteiger partial charge < -0.3 is 24.6 Å². The van der Waals surface area contributed by atoms with E-state index in [4.69, 9.17) is 4.42 Å². The molecule has 0 fully saturated rings. The number of imidazole rings is 1. The largest absolute Gasteiger partial charge is 0.435 e. The lowest BCUT2D eigenvalue weighted by Gasteiger charge is -2.23. The molecule has 0 aliphatic rings. The molecular weight excluding hydrogens is 444 g/mol. The van der Waals surface area contributed by atoms with Crippen LogP contribution >= 0.6 is 0 Å². The predicted molar refractivity (Wildman–Crippen MR) is 125 cm³/mol. The fourth-order valence-corrected chi connectivity index (χ4v) is 3.86. The van der Waals surface area contributed by atoms with E-state index in [1.54, 1.807) is 24.4 Å². The molecule has 2 aromatic carbocycles. The van der Waals surface area contributed by atoms with E-state index in [9.17, 15) is 18.7 Å². The number of hydrogen-bond donors (Lipinski definition) is 3. The summed E-state index contributed by atoms with van der Waals surface area (Å²) in [4.78, 5) is 19.6. The molecule has 0 saturated heterocycles. The Morgan fingerprint density at radius 1 is 1.18 bits per heavy atom. The minimum atomic E-state index is -2.94. The molecule has 4 aromatic rings. The van der Waals surface area contributed by atoms with E-state index in [1.165, 1.54) is 18.2 Å². The molecule has 0 amide bonds. The molecule has 7 nitrogen and oxygen atoms in total. The fourth-order valence-electron chi connectivity index (χ4n) is 3.86. The van der Waals surface area contributed by atoms with Crippen molar-refractivity contribution in [1.29, 1.82) is 0 Å². The average molecular weight is 469 g/mol. The number of hydrogen-bond acceptors (Lipinski definition) is 6. The summed E-state index contributed by atoms with van der Waals surface area (Å²) in [6.07, 6.45) is 2.75. The molecule has 2 heterocycles. The van der Waals surface area contributed by atoms with Gasteiger partial charge in [-0.1, -0.05) is 38.1 Å². The number of rotatable bonds is 9. The summed E-state index contributed by atoms with van der Waals surface area (Å²) in [6, 6.07) is 12.9. The van der Waals surface area contributed by atoms with Crippen molar-refractivity contribution in [1.82, 2.24) is 9.97 Å². The molecule has 9 heteroatoms. The highest BCUT2D eigenvalue weighted by Crippen LogP contribution is 2.31. The Hall–Kier alpha value is -3.72. The highest BCUT2D eigenvalue weighted by atomic mass is 19.3. The van der Waals surface area contributed by atoms with Gasteiger partial charge in [-0.15, -0.1) is 0 Å². The van der Waals surface area contributed by atoms with Crippen molar-refractivity contribution in [3.05, 3.63) is 76.4 Å². The quantitative estimate of drug-likeness (QED) is 0.284. The molecular formula is C25H25F2N3O4. The number of ether oxygens (including phenoxy) is 1. The topological polar surface area (TPSA) is 100 Å². The first-order chi connectivity index (χ1) is 16.3. The summed E-state index contributed by atoms with van der Waals surface area (Å²) < 4.78 is 35.1. The van der Waals surface area contributed by atoms with Crippen LogP contribution in [0.3, 0.4) is 0 Å². The van der Waals surface area contributed by atoms with Crippen LogP contribution in [0.15, 0.2) is 63.9 Å². The Balaban J connectivity index is 1.59. The van der Waals surface area contributed by atoms with Crippen LogP contribution in [-0.2, 0) is 12.1 Å². The Bertz CT molecular complexity index is 1350. The summed E-state index contributed by atoms with van der Waals surface area (Å²) >= 11 is 0. The van der Waals surface area contributed by atoms with Crippen LogP contribution in [0, 0.1) is 0 Å². The molecule has 34 heavy (non-hydrogen) atoms. The van der Waals surface area contributed by atoms with Crippen molar-refractivity contribution in [2.24, 2.45) is 0 Å². The maximum absolute atomic E-state index is 12.6. The number of aromatic nitrogens is 2. The van der Waals surface area contributed by atoms with E-state index in [0.29, 0.717) is 53.1 Å². The lowest BCUT2D eigenvalue weighted by atomic mass is 9.94. The first-order valence-corrected chi connectivity index (χ1v) is 10.9. The summed E-state index contributed by atoms with van der Waals surface area (Å²) in [7, 11) is 0. The van der Waals surface area contributed by atoms with Gasteiger partial charge in [-0.2, -0.15) is 8.78 Å². The Kier molecular flexibility index (Phi) is 6.65. The number of nitrogens with one attached hydrogen (secondary N) is 2. The Labute approximate surface area is 194 Å². The van der Waals surface area contributed by atoms with Gasteiger partial charge in [0.1, 0.15) is 16.9 Å². The molecule has 3 N–H and O–H groups in total. The second kappa shape index (κ2) is 9.64. The molecule has 0 saturated carbocycles. The zero-order valence-corrected chi connectivity index (χ0v) is 18.8. The minimum Gasteiger partial charge on any atom is -0.435 e. The molecule has 0 aliphatic carbocycles. The van der Waals surface area contributed by atoms with Gasteiger partial charge in [-0.25, -0.2) is 9.78 Å². The molecule has 0 aliphatic heterocycles. The van der Waals surface area contributed by atoms with Crippen molar-refractivity contribution in [2.75, 3.05) is 5.32 Å². The van der Waals surface area contributed by atoms with E-state index in [0.717, 1.165) is 5.56 Å². The maximum Gasteiger partial charge on any atom is 0.387 e. The smallest absolute Gasteiger partial charge is 0.387 e. The number of benzene rings is 2. The molecule has 178 valence electrons. The second-order valence-electron chi connectivity index (χ2n) is 7.95. The number of halogens is 2. The van der Waals surface area contributed by atoms with E-state index >= 15 is 0 Å². The predicted octanol–water partition coefficient (Wildman–Crippen LogP) is 5.40. The van der Waals surface area contributed by atoms with Gasteiger partial charge in [0.05, 0.1) is 11.9 Å². The van der Waals surface area contributed by atoms with Gasteiger partial charge in [0.2, 0.25) is 5.95 Å².